The van der Waals surface area contributed by atoms with Crippen LogP contribution in [0.3, 0.4) is 0 Å². The predicted octanol–water partition coefficient (Wildman–Crippen LogP) is 4.07. The molecule has 3 nitrogen and oxygen atoms in total. The van der Waals surface area contributed by atoms with Crippen LogP contribution in [-0.4, -0.2) is 15.9 Å². The summed E-state index contributed by atoms with van der Waals surface area (Å²) in [6.07, 6.45) is 0. The second kappa shape index (κ2) is 5.87. The summed E-state index contributed by atoms with van der Waals surface area (Å²) in [6.45, 7) is 9.28. The van der Waals surface area contributed by atoms with Crippen molar-refractivity contribution in [2.75, 3.05) is 11.9 Å². The molecule has 1 aromatic carbocycles. The number of halogens is 1. The molecule has 0 saturated carbocycles. The lowest BCUT2D eigenvalue weighted by atomic mass is 9.84. The Morgan fingerprint density at radius 1 is 1.25 bits per heavy atom. The molecule has 0 saturated heterocycles. The molecule has 0 spiro atoms. The van der Waals surface area contributed by atoms with E-state index in [-0.39, 0.29) is 11.2 Å². The molecule has 0 aliphatic carbocycles. The van der Waals surface area contributed by atoms with Crippen LogP contribution < -0.4 is 5.32 Å². The second-order valence-electron chi connectivity index (χ2n) is 5.83. The lowest BCUT2D eigenvalue weighted by Crippen LogP contribution is -2.20. The van der Waals surface area contributed by atoms with Crippen molar-refractivity contribution < 1.29 is 4.39 Å². The number of nitrogens with one attached hydrogen (secondary N) is 1. The molecule has 1 N–H and O–H groups in total. The summed E-state index contributed by atoms with van der Waals surface area (Å²) in [6, 6.07) is 6.53. The van der Waals surface area contributed by atoms with E-state index >= 15 is 0 Å². The van der Waals surface area contributed by atoms with Crippen molar-refractivity contribution >= 4 is 16.7 Å². The van der Waals surface area contributed by atoms with E-state index in [9.17, 15) is 4.39 Å². The highest BCUT2D eigenvalue weighted by Crippen LogP contribution is 2.31. The second-order valence-corrected chi connectivity index (χ2v) is 6.58. The van der Waals surface area contributed by atoms with E-state index in [1.54, 1.807) is 12.1 Å². The van der Waals surface area contributed by atoms with Gasteiger partial charge in [-0.25, -0.2) is 9.37 Å². The van der Waals surface area contributed by atoms with E-state index in [2.05, 4.69) is 42.4 Å². The normalized spacial score (nSPS) is 11.9. The molecule has 0 aliphatic heterocycles. The smallest absolute Gasteiger partial charge is 0.202 e. The molecule has 108 valence electrons. The van der Waals surface area contributed by atoms with E-state index in [4.69, 9.17) is 0 Å². The van der Waals surface area contributed by atoms with Crippen LogP contribution in [0.5, 0.6) is 0 Å². The first-order valence-electron chi connectivity index (χ1n) is 6.73. The zero-order valence-corrected chi connectivity index (χ0v) is 13.1. The molecule has 0 atom stereocenters. The van der Waals surface area contributed by atoms with Crippen LogP contribution in [0.15, 0.2) is 24.3 Å². The maximum absolute atomic E-state index is 13.0. The average molecular weight is 293 g/mol. The lowest BCUT2D eigenvalue weighted by molar-refractivity contribution is 0.592. The molecule has 2 rings (SSSR count). The fraction of sp³-hybridized carbons (Fsp3) is 0.467. The van der Waals surface area contributed by atoms with Gasteiger partial charge in [0.15, 0.2) is 5.82 Å². The Kier molecular flexibility index (Phi) is 4.38. The quantitative estimate of drug-likeness (QED) is 0.903. The van der Waals surface area contributed by atoms with Gasteiger partial charge in [0, 0.05) is 18.1 Å². The summed E-state index contributed by atoms with van der Waals surface area (Å²) >= 11 is 1.37. The number of nitrogens with zero attached hydrogens (tertiary/aromatic N) is 2. The Hall–Kier alpha value is -1.49. The lowest BCUT2D eigenvalue weighted by Gasteiger charge is -2.21. The summed E-state index contributed by atoms with van der Waals surface area (Å²) in [5.74, 6) is 1.10. The van der Waals surface area contributed by atoms with Crippen molar-refractivity contribution in [2.45, 2.75) is 33.1 Å². The van der Waals surface area contributed by atoms with Crippen LogP contribution in [0.25, 0.3) is 0 Å². The predicted molar refractivity (Wildman–Crippen MR) is 81.8 cm³/mol. The molecule has 1 heterocycles. The van der Waals surface area contributed by atoms with Crippen molar-refractivity contribution in [1.82, 2.24) is 9.36 Å². The molecular weight excluding hydrogens is 273 g/mol. The van der Waals surface area contributed by atoms with Gasteiger partial charge in [0.1, 0.15) is 5.82 Å². The van der Waals surface area contributed by atoms with Gasteiger partial charge < -0.3 is 5.32 Å². The van der Waals surface area contributed by atoms with Crippen LogP contribution in [0.1, 0.15) is 39.1 Å². The number of aromatic nitrogens is 2. The first-order chi connectivity index (χ1) is 9.39. The van der Waals surface area contributed by atoms with E-state index in [1.807, 2.05) is 0 Å². The maximum Gasteiger partial charge on any atom is 0.202 e. The Morgan fingerprint density at radius 2 is 1.90 bits per heavy atom. The van der Waals surface area contributed by atoms with Gasteiger partial charge in [-0.05, 0) is 37.5 Å². The average Bonchev–Trinajstić information content (AvgIpc) is 2.86. The van der Waals surface area contributed by atoms with Gasteiger partial charge in [0.05, 0.1) is 5.41 Å². The Balaban J connectivity index is 2.19. The van der Waals surface area contributed by atoms with E-state index in [0.717, 1.165) is 23.1 Å². The van der Waals surface area contributed by atoms with Crippen LogP contribution in [0.4, 0.5) is 9.52 Å². The molecule has 0 aliphatic rings. The van der Waals surface area contributed by atoms with Crippen molar-refractivity contribution in [3.05, 3.63) is 41.5 Å². The van der Waals surface area contributed by atoms with E-state index < -0.39 is 0 Å². The van der Waals surface area contributed by atoms with Crippen molar-refractivity contribution in [1.29, 1.82) is 0 Å². The van der Waals surface area contributed by atoms with Gasteiger partial charge in [-0.2, -0.15) is 4.37 Å². The van der Waals surface area contributed by atoms with Gasteiger partial charge in [-0.15, -0.1) is 0 Å². The summed E-state index contributed by atoms with van der Waals surface area (Å²) in [7, 11) is 0. The first-order valence-corrected chi connectivity index (χ1v) is 7.51. The molecule has 0 unspecified atom stereocenters. The standard InChI is InChI=1S/C15H20FN3S/c1-10(2)9-17-14-18-13(19-20-14)15(3,4)11-5-7-12(16)8-6-11/h5-8,10H,9H2,1-4H3,(H,17,18,19). The van der Waals surface area contributed by atoms with Gasteiger partial charge in [-0.1, -0.05) is 26.0 Å². The van der Waals surface area contributed by atoms with E-state index in [0.29, 0.717) is 5.92 Å². The molecule has 5 heteroatoms. The van der Waals surface area contributed by atoms with Crippen molar-refractivity contribution in [3.8, 4) is 0 Å². The van der Waals surface area contributed by atoms with Gasteiger partial charge in [0.2, 0.25) is 5.13 Å². The van der Waals surface area contributed by atoms with Crippen LogP contribution in [0.2, 0.25) is 0 Å². The number of benzene rings is 1. The number of rotatable bonds is 5. The summed E-state index contributed by atoms with van der Waals surface area (Å²) in [4.78, 5) is 4.56. The fourth-order valence-electron chi connectivity index (χ4n) is 1.84. The van der Waals surface area contributed by atoms with Gasteiger partial charge in [0.25, 0.3) is 0 Å². The number of hydrogen-bond acceptors (Lipinski definition) is 4. The number of anilines is 1. The third-order valence-electron chi connectivity index (χ3n) is 3.21. The van der Waals surface area contributed by atoms with Crippen LogP contribution in [-0.2, 0) is 5.41 Å². The Morgan fingerprint density at radius 3 is 2.50 bits per heavy atom. The molecule has 0 amide bonds. The molecule has 20 heavy (non-hydrogen) atoms. The van der Waals surface area contributed by atoms with Gasteiger partial charge in [-0.3, -0.25) is 0 Å². The van der Waals surface area contributed by atoms with Crippen molar-refractivity contribution in [2.24, 2.45) is 5.92 Å². The van der Waals surface area contributed by atoms with E-state index in [1.165, 1.54) is 23.7 Å². The van der Waals surface area contributed by atoms with Crippen molar-refractivity contribution in [3.63, 3.8) is 0 Å². The molecular formula is C15H20FN3S. The first kappa shape index (κ1) is 14.9. The highest BCUT2D eigenvalue weighted by atomic mass is 32.1. The molecule has 2 aromatic rings. The molecule has 0 bridgehead atoms. The Bertz CT molecular complexity index is 561. The topological polar surface area (TPSA) is 37.8 Å². The highest BCUT2D eigenvalue weighted by molar-refractivity contribution is 7.09. The molecule has 0 radical (unpaired) electrons. The largest absolute Gasteiger partial charge is 0.360 e. The zero-order valence-electron chi connectivity index (χ0n) is 12.3. The SMILES string of the molecule is CC(C)CNc1nc(C(C)(C)c2ccc(F)cc2)ns1. The summed E-state index contributed by atoms with van der Waals surface area (Å²) in [5, 5.41) is 4.12. The maximum atomic E-state index is 13.0. The van der Waals surface area contributed by atoms with Crippen LogP contribution in [0, 0.1) is 11.7 Å². The minimum Gasteiger partial charge on any atom is -0.360 e. The summed E-state index contributed by atoms with van der Waals surface area (Å²) in [5.41, 5.74) is 0.675. The summed E-state index contributed by atoms with van der Waals surface area (Å²) < 4.78 is 17.5. The zero-order chi connectivity index (χ0) is 14.8. The van der Waals surface area contributed by atoms with Crippen LogP contribution >= 0.6 is 11.5 Å². The molecule has 1 aromatic heterocycles. The third kappa shape index (κ3) is 3.33. The molecule has 0 fully saturated rings. The fourth-order valence-corrected chi connectivity index (χ4v) is 2.55. The monoisotopic (exact) mass is 293 g/mol. The Labute approximate surface area is 123 Å². The number of hydrogen-bond donors (Lipinski definition) is 1. The third-order valence-corrected chi connectivity index (χ3v) is 3.89. The minimum atomic E-state index is -0.331. The van der Waals surface area contributed by atoms with Gasteiger partial charge >= 0.3 is 0 Å². The highest BCUT2D eigenvalue weighted by Gasteiger charge is 2.28. The minimum absolute atomic E-state index is 0.227.